The maximum atomic E-state index is 13.0. The molecule has 2 aromatic rings. The molecule has 0 bridgehead atoms. The summed E-state index contributed by atoms with van der Waals surface area (Å²) in [5, 5.41) is 0. The molecule has 1 amide bonds. The fourth-order valence-electron chi connectivity index (χ4n) is 3.00. The third kappa shape index (κ3) is 5.15. The molecule has 2 heterocycles. The van der Waals surface area contributed by atoms with E-state index in [1.54, 1.807) is 0 Å². The zero-order chi connectivity index (χ0) is 21.2. The molecule has 0 spiro atoms. The van der Waals surface area contributed by atoms with Crippen LogP contribution in [-0.2, 0) is 12.4 Å². The fourth-order valence-corrected chi connectivity index (χ4v) is 3.00. The molecule has 1 atom stereocenters. The van der Waals surface area contributed by atoms with E-state index < -0.39 is 41.1 Å². The Morgan fingerprint density at radius 3 is 2.24 bits per heavy atom. The number of rotatable bonds is 3. The summed E-state index contributed by atoms with van der Waals surface area (Å²) in [7, 11) is 0. The Morgan fingerprint density at radius 1 is 1.03 bits per heavy atom. The minimum atomic E-state index is -5.02. The maximum Gasteiger partial charge on any atom is 0.416 e. The van der Waals surface area contributed by atoms with Crippen molar-refractivity contribution in [3.63, 3.8) is 0 Å². The first-order chi connectivity index (χ1) is 13.5. The molecule has 1 aliphatic rings. The van der Waals surface area contributed by atoms with Crippen LogP contribution in [0.1, 0.15) is 34.3 Å². The molecular weight excluding hydrogens is 404 g/mol. The van der Waals surface area contributed by atoms with Crippen molar-refractivity contribution < 1.29 is 35.9 Å². The number of carbonyl (C=O) groups is 1. The van der Waals surface area contributed by atoms with E-state index in [2.05, 4.69) is 9.97 Å². The van der Waals surface area contributed by atoms with Crippen molar-refractivity contribution in [3.05, 3.63) is 53.5 Å². The van der Waals surface area contributed by atoms with Gasteiger partial charge < -0.3 is 9.64 Å². The molecule has 1 saturated heterocycles. The monoisotopic (exact) mass is 419 g/mol. The summed E-state index contributed by atoms with van der Waals surface area (Å²) in [5.74, 6) is -0.709. The standard InChI is InChI=1S/C18H15F6N3O2/c19-17(20,21)12-6-11(7-13(8-12)18(22,23)24)16(28)27-5-1-2-14(10-27)29-15-9-25-3-4-26-15/h3-4,6-9,14H,1-2,5,10H2. The van der Waals surface area contributed by atoms with Crippen LogP contribution in [0.2, 0.25) is 0 Å². The van der Waals surface area contributed by atoms with E-state index in [0.717, 1.165) is 0 Å². The quantitative estimate of drug-likeness (QED) is 0.700. The Labute approximate surface area is 161 Å². The molecule has 0 aliphatic carbocycles. The molecule has 0 saturated carbocycles. The van der Waals surface area contributed by atoms with Gasteiger partial charge in [0.1, 0.15) is 6.10 Å². The summed E-state index contributed by atoms with van der Waals surface area (Å²) in [4.78, 5) is 21.6. The number of piperidine rings is 1. The van der Waals surface area contributed by atoms with Gasteiger partial charge in [0.25, 0.3) is 5.91 Å². The third-order valence-electron chi connectivity index (χ3n) is 4.33. The van der Waals surface area contributed by atoms with E-state index in [-0.39, 0.29) is 25.0 Å². The molecule has 0 radical (unpaired) electrons. The summed E-state index contributed by atoms with van der Waals surface area (Å²) < 4.78 is 83.7. The lowest BCUT2D eigenvalue weighted by Crippen LogP contribution is -2.44. The van der Waals surface area contributed by atoms with Gasteiger partial charge in [-0.1, -0.05) is 0 Å². The van der Waals surface area contributed by atoms with Gasteiger partial charge in [-0.2, -0.15) is 26.3 Å². The summed E-state index contributed by atoms with van der Waals surface area (Å²) in [6.07, 6.45) is -5.30. The summed E-state index contributed by atoms with van der Waals surface area (Å²) in [6.45, 7) is 0.198. The molecule has 11 heteroatoms. The molecule has 1 aromatic carbocycles. The average Bonchev–Trinajstić information content (AvgIpc) is 2.67. The number of aromatic nitrogens is 2. The summed E-state index contributed by atoms with van der Waals surface area (Å²) in [5.41, 5.74) is -3.73. The summed E-state index contributed by atoms with van der Waals surface area (Å²) in [6, 6.07) is 0.863. The molecule has 1 aliphatic heterocycles. The lowest BCUT2D eigenvalue weighted by molar-refractivity contribution is -0.143. The van der Waals surface area contributed by atoms with Gasteiger partial charge in [0.05, 0.1) is 23.9 Å². The third-order valence-corrected chi connectivity index (χ3v) is 4.33. The highest BCUT2D eigenvalue weighted by molar-refractivity contribution is 5.94. The van der Waals surface area contributed by atoms with E-state index in [1.165, 1.54) is 23.5 Å². The van der Waals surface area contributed by atoms with E-state index >= 15 is 0 Å². The number of amides is 1. The van der Waals surface area contributed by atoms with Crippen LogP contribution < -0.4 is 4.74 Å². The smallest absolute Gasteiger partial charge is 0.416 e. The summed E-state index contributed by atoms with van der Waals surface area (Å²) >= 11 is 0. The highest BCUT2D eigenvalue weighted by Gasteiger charge is 2.38. The van der Waals surface area contributed by atoms with Gasteiger partial charge >= 0.3 is 12.4 Å². The number of carbonyl (C=O) groups excluding carboxylic acids is 1. The molecule has 0 N–H and O–H groups in total. The predicted octanol–water partition coefficient (Wildman–Crippen LogP) is 4.20. The Bertz CT molecular complexity index is 838. The van der Waals surface area contributed by atoms with Crippen LogP contribution in [0.25, 0.3) is 0 Å². The second kappa shape index (κ2) is 7.88. The number of hydrogen-bond donors (Lipinski definition) is 0. The predicted molar refractivity (Wildman–Crippen MR) is 88.0 cm³/mol. The lowest BCUT2D eigenvalue weighted by Gasteiger charge is -2.32. The van der Waals surface area contributed by atoms with Crippen LogP contribution in [-0.4, -0.2) is 40.0 Å². The topological polar surface area (TPSA) is 55.3 Å². The van der Waals surface area contributed by atoms with Gasteiger partial charge in [0.2, 0.25) is 5.88 Å². The zero-order valence-corrected chi connectivity index (χ0v) is 14.8. The van der Waals surface area contributed by atoms with Gasteiger partial charge in [0, 0.05) is 24.5 Å². The van der Waals surface area contributed by atoms with Crippen LogP contribution in [0.4, 0.5) is 26.3 Å². The minimum Gasteiger partial charge on any atom is -0.471 e. The lowest BCUT2D eigenvalue weighted by atomic mass is 10.0. The van der Waals surface area contributed by atoms with Crippen molar-refractivity contribution in [1.29, 1.82) is 0 Å². The van der Waals surface area contributed by atoms with Crippen molar-refractivity contribution in [2.75, 3.05) is 13.1 Å². The Morgan fingerprint density at radius 2 is 1.69 bits per heavy atom. The molecule has 5 nitrogen and oxygen atoms in total. The SMILES string of the molecule is O=C(c1cc(C(F)(F)F)cc(C(F)(F)F)c1)N1CCCC(Oc2cnccn2)C1. The van der Waals surface area contributed by atoms with E-state index in [1.807, 2.05) is 0 Å². The number of nitrogens with zero attached hydrogens (tertiary/aromatic N) is 3. The van der Waals surface area contributed by atoms with Gasteiger partial charge in [-0.3, -0.25) is 9.78 Å². The first-order valence-corrected chi connectivity index (χ1v) is 8.55. The molecule has 1 fully saturated rings. The second-order valence-electron chi connectivity index (χ2n) is 6.47. The normalized spacial score (nSPS) is 17.9. The van der Waals surface area contributed by atoms with Crippen LogP contribution in [0, 0.1) is 0 Å². The van der Waals surface area contributed by atoms with E-state index in [4.69, 9.17) is 4.74 Å². The fraction of sp³-hybridized carbons (Fsp3) is 0.389. The molecule has 29 heavy (non-hydrogen) atoms. The van der Waals surface area contributed by atoms with Crippen molar-refractivity contribution in [1.82, 2.24) is 14.9 Å². The van der Waals surface area contributed by atoms with Crippen LogP contribution >= 0.6 is 0 Å². The van der Waals surface area contributed by atoms with Crippen LogP contribution in [0.5, 0.6) is 5.88 Å². The molecule has 1 unspecified atom stereocenters. The van der Waals surface area contributed by atoms with Crippen molar-refractivity contribution in [3.8, 4) is 5.88 Å². The first kappa shape index (κ1) is 20.9. The van der Waals surface area contributed by atoms with E-state index in [9.17, 15) is 31.1 Å². The largest absolute Gasteiger partial charge is 0.471 e. The Kier molecular flexibility index (Phi) is 5.67. The number of likely N-dealkylation sites (tertiary alicyclic amines) is 1. The minimum absolute atomic E-state index is 0.00695. The van der Waals surface area contributed by atoms with Gasteiger partial charge in [0.15, 0.2) is 0 Å². The van der Waals surface area contributed by atoms with Crippen LogP contribution in [0.3, 0.4) is 0 Å². The molecule has 156 valence electrons. The maximum absolute atomic E-state index is 13.0. The molecule has 1 aromatic heterocycles. The van der Waals surface area contributed by atoms with Crippen LogP contribution in [0.15, 0.2) is 36.8 Å². The van der Waals surface area contributed by atoms with Crippen molar-refractivity contribution in [2.24, 2.45) is 0 Å². The number of ether oxygens (including phenoxy) is 1. The van der Waals surface area contributed by atoms with E-state index in [0.29, 0.717) is 25.0 Å². The van der Waals surface area contributed by atoms with Gasteiger partial charge in [-0.05, 0) is 31.0 Å². The van der Waals surface area contributed by atoms with Gasteiger partial charge in [-0.15, -0.1) is 0 Å². The van der Waals surface area contributed by atoms with Gasteiger partial charge in [-0.25, -0.2) is 4.98 Å². The molecule has 3 rings (SSSR count). The number of hydrogen-bond acceptors (Lipinski definition) is 4. The van der Waals surface area contributed by atoms with Crippen molar-refractivity contribution in [2.45, 2.75) is 31.3 Å². The van der Waals surface area contributed by atoms with Crippen molar-refractivity contribution >= 4 is 5.91 Å². The number of halogens is 6. The average molecular weight is 419 g/mol. The first-order valence-electron chi connectivity index (χ1n) is 8.55. The molecular formula is C18H15F6N3O2. The Hall–Kier alpha value is -2.85. The number of alkyl halides is 6. The zero-order valence-electron chi connectivity index (χ0n) is 14.8. The Balaban J connectivity index is 1.83. The second-order valence-corrected chi connectivity index (χ2v) is 6.47. The highest BCUT2D eigenvalue weighted by Crippen LogP contribution is 2.36. The number of benzene rings is 1. The highest BCUT2D eigenvalue weighted by atomic mass is 19.4.